The van der Waals surface area contributed by atoms with Gasteiger partial charge in [-0.3, -0.25) is 9.69 Å². The zero-order valence-corrected chi connectivity index (χ0v) is 16.1. The van der Waals surface area contributed by atoms with Gasteiger partial charge < -0.3 is 10.6 Å². The zero-order chi connectivity index (χ0) is 18.5. The van der Waals surface area contributed by atoms with Crippen LogP contribution < -0.4 is 10.6 Å². The summed E-state index contributed by atoms with van der Waals surface area (Å²) in [6.45, 7) is 5.04. The number of thiophene rings is 1. The Kier molecular flexibility index (Phi) is 6.06. The second-order valence-corrected chi connectivity index (χ2v) is 7.67. The third-order valence-electron chi connectivity index (χ3n) is 4.72. The molecule has 0 bridgehead atoms. The van der Waals surface area contributed by atoms with Crippen LogP contribution in [-0.4, -0.2) is 36.0 Å². The predicted octanol–water partition coefficient (Wildman–Crippen LogP) is 2.29. The smallest absolute Gasteiger partial charge is 0.324 e. The first-order valence-electron chi connectivity index (χ1n) is 9.16. The highest BCUT2D eigenvalue weighted by molar-refractivity contribution is 7.10. The van der Waals surface area contributed by atoms with Crippen molar-refractivity contribution < 1.29 is 14.9 Å². The lowest BCUT2D eigenvalue weighted by atomic mass is 10.0. The van der Waals surface area contributed by atoms with Crippen molar-refractivity contribution in [2.75, 3.05) is 13.1 Å². The Labute approximate surface area is 158 Å². The van der Waals surface area contributed by atoms with E-state index in [1.54, 1.807) is 11.3 Å². The third-order valence-corrected chi connectivity index (χ3v) is 5.68. The van der Waals surface area contributed by atoms with Crippen LogP contribution in [0.4, 0.5) is 4.79 Å². The van der Waals surface area contributed by atoms with Crippen LogP contribution in [0.25, 0.3) is 0 Å². The number of nitrogens with two attached hydrogens (primary N) is 1. The molecule has 3 N–H and O–H groups in total. The summed E-state index contributed by atoms with van der Waals surface area (Å²) < 4.78 is 0. The zero-order valence-electron chi connectivity index (χ0n) is 15.3. The summed E-state index contributed by atoms with van der Waals surface area (Å²) in [5, 5.41) is 6.81. The van der Waals surface area contributed by atoms with Crippen LogP contribution in [0.1, 0.15) is 42.3 Å². The molecular weight excluding hydrogens is 346 g/mol. The average Bonchev–Trinajstić information content (AvgIpc) is 3.31. The maximum Gasteiger partial charge on any atom is 0.324 e. The van der Waals surface area contributed by atoms with Gasteiger partial charge in [-0.2, -0.15) is 0 Å². The summed E-state index contributed by atoms with van der Waals surface area (Å²) in [6.07, 6.45) is 2.20. The highest BCUT2D eigenvalue weighted by atomic mass is 32.1. The third kappa shape index (κ3) is 4.14. The van der Waals surface area contributed by atoms with Crippen LogP contribution in [0.15, 0.2) is 41.8 Å². The molecule has 0 spiro atoms. The molecule has 2 heterocycles. The van der Waals surface area contributed by atoms with Gasteiger partial charge in [0, 0.05) is 18.7 Å². The van der Waals surface area contributed by atoms with Gasteiger partial charge in [0.05, 0.1) is 4.88 Å². The van der Waals surface area contributed by atoms with Gasteiger partial charge in [0.1, 0.15) is 6.04 Å². The molecule has 3 amide bonds. The Hall–Kier alpha value is -2.18. The molecule has 5 nitrogen and oxygen atoms in total. The first-order chi connectivity index (χ1) is 12.6. The number of carbonyl (C=O) groups excluding carboxylic acids is 2. The highest BCUT2D eigenvalue weighted by Crippen LogP contribution is 2.23. The minimum atomic E-state index is -0.332. The fourth-order valence-corrected chi connectivity index (χ4v) is 4.15. The van der Waals surface area contributed by atoms with Gasteiger partial charge in [-0.15, -0.1) is 11.3 Å². The number of imide groups is 1. The Bertz CT molecular complexity index is 743. The van der Waals surface area contributed by atoms with E-state index in [9.17, 15) is 9.59 Å². The lowest BCUT2D eigenvalue weighted by Gasteiger charge is -2.22. The van der Waals surface area contributed by atoms with Crippen LogP contribution in [0.3, 0.4) is 0 Å². The number of hydrogen-bond donors (Lipinski definition) is 2. The molecule has 1 fully saturated rings. The van der Waals surface area contributed by atoms with E-state index in [-0.39, 0.29) is 24.0 Å². The molecule has 1 saturated heterocycles. The second kappa shape index (κ2) is 8.47. The number of nitrogens with zero attached hydrogens (tertiary/aromatic N) is 1. The minimum absolute atomic E-state index is 0.0512. The molecule has 2 atom stereocenters. The van der Waals surface area contributed by atoms with E-state index >= 15 is 0 Å². The van der Waals surface area contributed by atoms with Gasteiger partial charge in [0.25, 0.3) is 5.91 Å². The topological polar surface area (TPSA) is 66.0 Å². The van der Waals surface area contributed by atoms with Gasteiger partial charge in [0.2, 0.25) is 0 Å². The molecule has 0 aliphatic carbocycles. The van der Waals surface area contributed by atoms with Gasteiger partial charge in [-0.1, -0.05) is 43.7 Å². The van der Waals surface area contributed by atoms with Crippen molar-refractivity contribution in [1.29, 1.82) is 0 Å². The van der Waals surface area contributed by atoms with Crippen molar-refractivity contribution in [3.8, 4) is 0 Å². The Morgan fingerprint density at radius 2 is 2.08 bits per heavy atom. The fraction of sp³-hybridized carbons (Fsp3) is 0.400. The average molecular weight is 373 g/mol. The van der Waals surface area contributed by atoms with E-state index in [0.717, 1.165) is 12.8 Å². The number of quaternary nitrogens is 1. The first kappa shape index (κ1) is 18.6. The SMILES string of the molecule is CCCc1ccc([C@@H]([NH2+][C@H](C)C(=O)N2CCNC2=O)c2cccs2)cc1. The number of benzene rings is 1. The van der Waals surface area contributed by atoms with Crippen molar-refractivity contribution in [3.05, 3.63) is 57.8 Å². The molecule has 6 heteroatoms. The molecule has 0 saturated carbocycles. The first-order valence-corrected chi connectivity index (χ1v) is 10.0. The molecule has 0 radical (unpaired) electrons. The number of carbonyl (C=O) groups is 2. The number of amides is 3. The quantitative estimate of drug-likeness (QED) is 0.783. The Morgan fingerprint density at radius 3 is 2.65 bits per heavy atom. The Balaban J connectivity index is 1.78. The van der Waals surface area contributed by atoms with Gasteiger partial charge in [-0.25, -0.2) is 4.79 Å². The summed E-state index contributed by atoms with van der Waals surface area (Å²) in [5.74, 6) is -0.135. The molecule has 26 heavy (non-hydrogen) atoms. The normalized spacial score (nSPS) is 16.4. The summed E-state index contributed by atoms with van der Waals surface area (Å²) in [5.41, 5.74) is 2.51. The summed E-state index contributed by atoms with van der Waals surface area (Å²) in [6, 6.07) is 12.2. The van der Waals surface area contributed by atoms with Gasteiger partial charge >= 0.3 is 6.03 Å². The summed E-state index contributed by atoms with van der Waals surface area (Å²) >= 11 is 1.69. The van der Waals surface area contributed by atoms with E-state index < -0.39 is 0 Å². The van der Waals surface area contributed by atoms with Crippen molar-refractivity contribution in [2.24, 2.45) is 0 Å². The molecule has 1 aliphatic heterocycles. The number of aryl methyl sites for hydroxylation is 1. The molecule has 3 rings (SSSR count). The van der Waals surface area contributed by atoms with Crippen LogP contribution in [0.5, 0.6) is 0 Å². The molecule has 138 valence electrons. The molecule has 2 aromatic rings. The predicted molar refractivity (Wildman–Crippen MR) is 103 cm³/mol. The van der Waals surface area contributed by atoms with E-state index in [1.165, 1.54) is 20.9 Å². The van der Waals surface area contributed by atoms with Crippen LogP contribution in [0, 0.1) is 0 Å². The van der Waals surface area contributed by atoms with Crippen LogP contribution in [0.2, 0.25) is 0 Å². The molecule has 1 aromatic heterocycles. The van der Waals surface area contributed by atoms with E-state index in [0.29, 0.717) is 13.1 Å². The Morgan fingerprint density at radius 1 is 1.31 bits per heavy atom. The van der Waals surface area contributed by atoms with E-state index in [4.69, 9.17) is 0 Å². The maximum absolute atomic E-state index is 12.7. The number of hydrogen-bond acceptors (Lipinski definition) is 3. The monoisotopic (exact) mass is 372 g/mol. The van der Waals surface area contributed by atoms with Crippen molar-refractivity contribution in [1.82, 2.24) is 10.2 Å². The number of nitrogens with one attached hydrogen (secondary N) is 1. The lowest BCUT2D eigenvalue weighted by molar-refractivity contribution is -0.704. The van der Waals surface area contributed by atoms with Gasteiger partial charge in [-0.05, 0) is 30.4 Å². The fourth-order valence-electron chi connectivity index (χ4n) is 3.32. The standard InChI is InChI=1S/C20H25N3O2S/c1-3-5-15-7-9-16(10-8-15)18(17-6-4-13-26-17)22-14(2)19(24)23-12-11-21-20(23)25/h4,6-10,13-14,18,22H,3,5,11-12H2,1-2H3,(H,21,25)/p+1/t14-,18-/m1/s1. The van der Waals surface area contributed by atoms with E-state index in [2.05, 4.69) is 53.3 Å². The van der Waals surface area contributed by atoms with Crippen LogP contribution >= 0.6 is 11.3 Å². The molecular formula is C20H26N3O2S+. The highest BCUT2D eigenvalue weighted by Gasteiger charge is 2.33. The maximum atomic E-state index is 12.7. The number of rotatable bonds is 7. The van der Waals surface area contributed by atoms with Crippen molar-refractivity contribution >= 4 is 23.3 Å². The second-order valence-electron chi connectivity index (χ2n) is 6.69. The van der Waals surface area contributed by atoms with Gasteiger partial charge in [0.15, 0.2) is 6.04 Å². The largest absolute Gasteiger partial charge is 0.336 e. The van der Waals surface area contributed by atoms with Crippen LogP contribution in [-0.2, 0) is 11.2 Å². The summed E-state index contributed by atoms with van der Waals surface area (Å²) in [4.78, 5) is 27.0. The number of urea groups is 1. The molecule has 1 aliphatic rings. The van der Waals surface area contributed by atoms with E-state index in [1.807, 2.05) is 13.0 Å². The lowest BCUT2D eigenvalue weighted by Crippen LogP contribution is -2.92. The summed E-state index contributed by atoms with van der Waals surface area (Å²) in [7, 11) is 0. The van der Waals surface area contributed by atoms with Crippen molar-refractivity contribution in [3.63, 3.8) is 0 Å². The minimum Gasteiger partial charge on any atom is -0.336 e. The van der Waals surface area contributed by atoms with Crippen molar-refractivity contribution in [2.45, 2.75) is 38.8 Å². The molecule has 0 unspecified atom stereocenters. The molecule has 1 aromatic carbocycles.